The molecule has 0 aliphatic rings. The van der Waals surface area contributed by atoms with E-state index in [9.17, 15) is 0 Å². The highest BCUT2D eigenvalue weighted by atomic mass is 16.5. The molecule has 108 valence electrons. The van der Waals surface area contributed by atoms with Gasteiger partial charge in [-0.05, 0) is 43.4 Å². The van der Waals surface area contributed by atoms with Crippen molar-refractivity contribution in [1.82, 2.24) is 5.32 Å². The van der Waals surface area contributed by atoms with Crippen LogP contribution in [0.3, 0.4) is 0 Å². The molecule has 1 N–H and O–H groups in total. The molecule has 0 radical (unpaired) electrons. The molecule has 0 spiro atoms. The van der Waals surface area contributed by atoms with Crippen molar-refractivity contribution in [1.29, 1.82) is 0 Å². The second-order valence-electron chi connectivity index (χ2n) is 5.57. The fourth-order valence-corrected chi connectivity index (χ4v) is 2.12. The Morgan fingerprint density at radius 1 is 1.00 bits per heavy atom. The Labute approximate surface area is 118 Å². The predicted octanol–water partition coefficient (Wildman–Crippen LogP) is 4.36. The van der Waals surface area contributed by atoms with Gasteiger partial charge in [0.2, 0.25) is 0 Å². The van der Waals surface area contributed by atoms with Crippen LogP contribution >= 0.6 is 0 Å². The number of benzene rings is 1. The maximum atomic E-state index is 5.93. The Morgan fingerprint density at radius 3 is 2.05 bits per heavy atom. The smallest absolute Gasteiger partial charge is 0.119 e. The van der Waals surface area contributed by atoms with Gasteiger partial charge in [0, 0.05) is 12.6 Å². The van der Waals surface area contributed by atoms with Crippen LogP contribution in [0.2, 0.25) is 0 Å². The third-order valence-corrected chi connectivity index (χ3v) is 3.56. The van der Waals surface area contributed by atoms with Crippen molar-refractivity contribution in [2.75, 3.05) is 6.54 Å². The minimum absolute atomic E-state index is 0.200. The van der Waals surface area contributed by atoms with Crippen LogP contribution < -0.4 is 10.1 Å². The first-order chi connectivity index (χ1) is 9.06. The molecule has 0 heterocycles. The molecular formula is C17H29NO. The average molecular weight is 263 g/mol. The molecule has 2 heteroatoms. The predicted molar refractivity (Wildman–Crippen MR) is 83.0 cm³/mol. The van der Waals surface area contributed by atoms with Crippen LogP contribution in [0.15, 0.2) is 24.3 Å². The molecule has 2 nitrogen and oxygen atoms in total. The minimum Gasteiger partial charge on any atom is -0.489 e. The second kappa shape index (κ2) is 8.21. The molecule has 1 aromatic carbocycles. The molecule has 0 aliphatic heterocycles. The van der Waals surface area contributed by atoms with Crippen molar-refractivity contribution in [2.45, 2.75) is 65.5 Å². The molecule has 1 aromatic rings. The van der Waals surface area contributed by atoms with E-state index in [2.05, 4.69) is 64.2 Å². The van der Waals surface area contributed by atoms with Crippen molar-refractivity contribution < 1.29 is 4.74 Å². The first-order valence-corrected chi connectivity index (χ1v) is 7.56. The molecule has 0 aliphatic carbocycles. The second-order valence-corrected chi connectivity index (χ2v) is 5.57. The third-order valence-electron chi connectivity index (χ3n) is 3.56. The topological polar surface area (TPSA) is 21.3 Å². The lowest BCUT2D eigenvalue weighted by atomic mass is 10.0. The highest BCUT2D eigenvalue weighted by Gasteiger charge is 2.08. The monoisotopic (exact) mass is 263 g/mol. The minimum atomic E-state index is 0.200. The van der Waals surface area contributed by atoms with Crippen molar-refractivity contribution >= 4 is 0 Å². The van der Waals surface area contributed by atoms with Crippen LogP contribution in [0.25, 0.3) is 0 Å². The quantitative estimate of drug-likeness (QED) is 0.752. The first-order valence-electron chi connectivity index (χ1n) is 7.56. The Morgan fingerprint density at radius 2 is 1.58 bits per heavy atom. The van der Waals surface area contributed by atoms with Crippen molar-refractivity contribution in [2.24, 2.45) is 0 Å². The van der Waals surface area contributed by atoms with E-state index < -0.39 is 0 Å². The molecule has 0 saturated carbocycles. The van der Waals surface area contributed by atoms with Crippen LogP contribution in [-0.2, 0) is 0 Å². The highest BCUT2D eigenvalue weighted by molar-refractivity contribution is 5.29. The molecule has 1 atom stereocenters. The van der Waals surface area contributed by atoms with Gasteiger partial charge in [0.1, 0.15) is 11.9 Å². The molecular weight excluding hydrogens is 234 g/mol. The third kappa shape index (κ3) is 5.65. The molecule has 1 rings (SSSR count). The maximum Gasteiger partial charge on any atom is 0.119 e. The number of hydrogen-bond donors (Lipinski definition) is 1. The van der Waals surface area contributed by atoms with Crippen LogP contribution in [0, 0.1) is 0 Å². The van der Waals surface area contributed by atoms with E-state index in [4.69, 9.17) is 4.74 Å². The zero-order valence-corrected chi connectivity index (χ0v) is 13.1. The molecule has 0 amide bonds. The lowest BCUT2D eigenvalue weighted by Gasteiger charge is -2.20. The molecule has 19 heavy (non-hydrogen) atoms. The summed E-state index contributed by atoms with van der Waals surface area (Å²) < 4.78 is 5.93. The normalized spacial score (nSPS) is 13.0. The largest absolute Gasteiger partial charge is 0.489 e. The summed E-state index contributed by atoms with van der Waals surface area (Å²) in [5.74, 6) is 1.53. The highest BCUT2D eigenvalue weighted by Crippen LogP contribution is 2.19. The van der Waals surface area contributed by atoms with Gasteiger partial charge in [0.25, 0.3) is 0 Å². The molecule has 1 unspecified atom stereocenters. The Bertz CT molecular complexity index is 341. The number of nitrogens with one attached hydrogen (secondary N) is 1. The van der Waals surface area contributed by atoms with Gasteiger partial charge in [-0.3, -0.25) is 0 Å². The van der Waals surface area contributed by atoms with Crippen molar-refractivity contribution in [3.05, 3.63) is 29.8 Å². The van der Waals surface area contributed by atoms with E-state index in [1.54, 1.807) is 0 Å². The summed E-state index contributed by atoms with van der Waals surface area (Å²) in [6.45, 7) is 11.9. The fourth-order valence-electron chi connectivity index (χ4n) is 2.12. The molecule has 0 saturated heterocycles. The molecule has 0 aromatic heterocycles. The van der Waals surface area contributed by atoms with Gasteiger partial charge in [0.15, 0.2) is 0 Å². The lowest BCUT2D eigenvalue weighted by molar-refractivity contribution is 0.210. The summed E-state index contributed by atoms with van der Waals surface area (Å²) in [7, 11) is 0. The summed E-state index contributed by atoms with van der Waals surface area (Å²) in [6, 6.07) is 9.06. The number of ether oxygens (including phenoxy) is 1. The fraction of sp³-hybridized carbons (Fsp3) is 0.647. The van der Waals surface area contributed by atoms with Gasteiger partial charge >= 0.3 is 0 Å². The Hall–Kier alpha value is -1.02. The maximum absolute atomic E-state index is 5.93. The number of hydrogen-bond acceptors (Lipinski definition) is 2. The average Bonchev–Trinajstić information content (AvgIpc) is 2.40. The standard InChI is InChI=1S/C17H29NO/c1-6-16(7-2)18-12-14(5)19-17-10-8-15(9-11-17)13(3)4/h8-11,13-14,16,18H,6-7,12H2,1-5H3. The Balaban J connectivity index is 2.41. The van der Waals surface area contributed by atoms with Gasteiger partial charge in [-0.15, -0.1) is 0 Å². The zero-order valence-electron chi connectivity index (χ0n) is 13.1. The van der Waals surface area contributed by atoms with Gasteiger partial charge in [0.05, 0.1) is 0 Å². The first kappa shape index (κ1) is 16.0. The lowest BCUT2D eigenvalue weighted by Crippen LogP contribution is -2.36. The Kier molecular flexibility index (Phi) is 6.93. The summed E-state index contributed by atoms with van der Waals surface area (Å²) in [4.78, 5) is 0. The molecule has 0 fully saturated rings. The zero-order chi connectivity index (χ0) is 14.3. The molecule has 0 bridgehead atoms. The van der Waals surface area contributed by atoms with E-state index in [0.29, 0.717) is 12.0 Å². The van der Waals surface area contributed by atoms with Gasteiger partial charge in [-0.25, -0.2) is 0 Å². The summed E-state index contributed by atoms with van der Waals surface area (Å²) in [6.07, 6.45) is 2.55. The number of rotatable bonds is 8. The van der Waals surface area contributed by atoms with E-state index in [1.165, 1.54) is 18.4 Å². The SMILES string of the molecule is CCC(CC)NCC(C)Oc1ccc(C(C)C)cc1. The van der Waals surface area contributed by atoms with Crippen LogP contribution in [-0.4, -0.2) is 18.7 Å². The van der Waals surface area contributed by atoms with Gasteiger partial charge in [-0.2, -0.15) is 0 Å². The van der Waals surface area contributed by atoms with Crippen LogP contribution in [0.5, 0.6) is 5.75 Å². The van der Waals surface area contributed by atoms with Crippen molar-refractivity contribution in [3.63, 3.8) is 0 Å². The van der Waals surface area contributed by atoms with Crippen LogP contribution in [0.1, 0.15) is 58.9 Å². The van der Waals surface area contributed by atoms with Crippen molar-refractivity contribution in [3.8, 4) is 5.75 Å². The van der Waals surface area contributed by atoms with E-state index in [-0.39, 0.29) is 6.10 Å². The summed E-state index contributed by atoms with van der Waals surface area (Å²) >= 11 is 0. The van der Waals surface area contributed by atoms with Gasteiger partial charge < -0.3 is 10.1 Å². The van der Waals surface area contributed by atoms with E-state index in [0.717, 1.165) is 12.3 Å². The summed E-state index contributed by atoms with van der Waals surface area (Å²) in [5.41, 5.74) is 1.36. The van der Waals surface area contributed by atoms with Gasteiger partial charge in [-0.1, -0.05) is 39.8 Å². The van der Waals surface area contributed by atoms with E-state index >= 15 is 0 Å². The van der Waals surface area contributed by atoms with Crippen LogP contribution in [0.4, 0.5) is 0 Å². The summed E-state index contributed by atoms with van der Waals surface area (Å²) in [5, 5.41) is 3.54. The van der Waals surface area contributed by atoms with E-state index in [1.807, 2.05) is 0 Å².